The van der Waals surface area contributed by atoms with Crippen molar-refractivity contribution in [3.63, 3.8) is 0 Å². The number of amides is 1. The van der Waals surface area contributed by atoms with Crippen LogP contribution in [0.2, 0.25) is 0 Å². The molecule has 0 unspecified atom stereocenters. The van der Waals surface area contributed by atoms with Gasteiger partial charge in [0.05, 0.1) is 11.4 Å². The molecule has 1 aliphatic carbocycles. The second-order valence-corrected chi connectivity index (χ2v) is 10.8. The molecule has 1 aliphatic heterocycles. The Bertz CT molecular complexity index is 784. The van der Waals surface area contributed by atoms with E-state index in [9.17, 15) is 13.2 Å². The van der Waals surface area contributed by atoms with E-state index >= 15 is 0 Å². The summed E-state index contributed by atoms with van der Waals surface area (Å²) in [4.78, 5) is 14.8. The molecule has 7 heteroatoms. The van der Waals surface area contributed by atoms with E-state index in [4.69, 9.17) is 0 Å². The predicted molar refractivity (Wildman–Crippen MR) is 115 cm³/mol. The molecular weight excluding hydrogens is 386 g/mol. The van der Waals surface area contributed by atoms with Gasteiger partial charge in [0.25, 0.3) is 0 Å². The van der Waals surface area contributed by atoms with Crippen LogP contribution < -0.4 is 5.32 Å². The summed E-state index contributed by atoms with van der Waals surface area (Å²) in [6.45, 7) is 8.74. The first-order valence-corrected chi connectivity index (χ1v) is 12.3. The first-order valence-electron chi connectivity index (χ1n) is 10.9. The summed E-state index contributed by atoms with van der Waals surface area (Å²) >= 11 is 0. The van der Waals surface area contributed by atoms with Gasteiger partial charge < -0.3 is 5.32 Å². The normalized spacial score (nSPS) is 24.6. The van der Waals surface area contributed by atoms with Crippen LogP contribution in [0.15, 0.2) is 29.2 Å². The lowest BCUT2D eigenvalue weighted by Gasteiger charge is -2.34. The lowest BCUT2D eigenvalue weighted by atomic mass is 9.86. The zero-order valence-corrected chi connectivity index (χ0v) is 18.7. The largest absolute Gasteiger partial charge is 0.352 e. The van der Waals surface area contributed by atoms with Crippen LogP contribution in [0.1, 0.15) is 57.9 Å². The fraction of sp³-hybridized carbons (Fsp3) is 0.682. The van der Waals surface area contributed by atoms with Crippen LogP contribution in [-0.2, 0) is 14.8 Å². The SMILES string of the molecule is CC(C)c1ccc(S(=O)(=O)N2CCN(CC(=O)N[C@H]3CCCC[C@H]3C)CC2)cc1. The zero-order valence-electron chi connectivity index (χ0n) is 17.9. The first kappa shape index (κ1) is 22.2. The number of nitrogens with zero attached hydrogens (tertiary/aromatic N) is 2. The van der Waals surface area contributed by atoms with Crippen molar-refractivity contribution in [3.05, 3.63) is 29.8 Å². The van der Waals surface area contributed by atoms with Crippen LogP contribution in [0.5, 0.6) is 0 Å². The van der Waals surface area contributed by atoms with Crippen LogP contribution in [-0.4, -0.2) is 62.3 Å². The fourth-order valence-corrected chi connectivity index (χ4v) is 5.71. The van der Waals surface area contributed by atoms with E-state index < -0.39 is 10.0 Å². The van der Waals surface area contributed by atoms with Gasteiger partial charge in [-0.1, -0.05) is 45.7 Å². The number of piperazine rings is 1. The number of hydrogen-bond donors (Lipinski definition) is 1. The third-order valence-electron chi connectivity index (χ3n) is 6.34. The van der Waals surface area contributed by atoms with Crippen molar-refractivity contribution in [2.45, 2.75) is 63.3 Å². The molecule has 1 amide bonds. The van der Waals surface area contributed by atoms with Crippen molar-refractivity contribution >= 4 is 15.9 Å². The summed E-state index contributed by atoms with van der Waals surface area (Å²) in [5.41, 5.74) is 1.13. The number of rotatable bonds is 6. The van der Waals surface area contributed by atoms with Gasteiger partial charge in [-0.15, -0.1) is 0 Å². The Labute approximate surface area is 175 Å². The van der Waals surface area contributed by atoms with Gasteiger partial charge in [0, 0.05) is 32.2 Å². The quantitative estimate of drug-likeness (QED) is 0.767. The van der Waals surface area contributed by atoms with Gasteiger partial charge in [-0.05, 0) is 42.4 Å². The standard InChI is InChI=1S/C22H35N3O3S/c1-17(2)19-8-10-20(11-9-19)29(27,28)25-14-12-24(13-15-25)16-22(26)23-21-7-5-4-6-18(21)3/h8-11,17-18,21H,4-7,12-16H2,1-3H3,(H,23,26)/t18-,21+/m1/s1. The smallest absolute Gasteiger partial charge is 0.243 e. The third kappa shape index (κ3) is 5.58. The van der Waals surface area contributed by atoms with Crippen LogP contribution in [0.3, 0.4) is 0 Å². The first-order chi connectivity index (χ1) is 13.8. The summed E-state index contributed by atoms with van der Waals surface area (Å²) < 4.78 is 27.4. The molecule has 0 aromatic heterocycles. The van der Waals surface area contributed by atoms with E-state index in [1.165, 1.54) is 23.6 Å². The van der Waals surface area contributed by atoms with Crippen molar-refractivity contribution in [2.24, 2.45) is 5.92 Å². The molecule has 1 saturated carbocycles. The summed E-state index contributed by atoms with van der Waals surface area (Å²) in [6, 6.07) is 7.48. The minimum absolute atomic E-state index is 0.0596. The van der Waals surface area contributed by atoms with Crippen molar-refractivity contribution in [1.82, 2.24) is 14.5 Å². The molecule has 3 rings (SSSR count). The molecule has 1 aromatic rings. The number of sulfonamides is 1. The summed E-state index contributed by atoms with van der Waals surface area (Å²) in [5, 5.41) is 3.19. The molecule has 1 saturated heterocycles. The van der Waals surface area contributed by atoms with Gasteiger partial charge in [0.15, 0.2) is 0 Å². The monoisotopic (exact) mass is 421 g/mol. The highest BCUT2D eigenvalue weighted by atomic mass is 32.2. The van der Waals surface area contributed by atoms with Gasteiger partial charge in [-0.25, -0.2) is 8.42 Å². The van der Waals surface area contributed by atoms with Crippen LogP contribution >= 0.6 is 0 Å². The van der Waals surface area contributed by atoms with E-state index in [-0.39, 0.29) is 11.9 Å². The van der Waals surface area contributed by atoms with Crippen LogP contribution in [0.25, 0.3) is 0 Å². The highest BCUT2D eigenvalue weighted by Crippen LogP contribution is 2.24. The molecule has 2 fully saturated rings. The molecular formula is C22H35N3O3S. The Morgan fingerprint density at radius 3 is 2.28 bits per heavy atom. The van der Waals surface area contributed by atoms with E-state index in [2.05, 4.69) is 31.0 Å². The lowest BCUT2D eigenvalue weighted by molar-refractivity contribution is -0.123. The zero-order chi connectivity index (χ0) is 21.0. The van der Waals surface area contributed by atoms with E-state index in [1.807, 2.05) is 12.1 Å². The molecule has 2 atom stereocenters. The maximum atomic E-state index is 12.9. The molecule has 29 heavy (non-hydrogen) atoms. The lowest BCUT2D eigenvalue weighted by Crippen LogP contribution is -2.52. The van der Waals surface area contributed by atoms with E-state index in [1.54, 1.807) is 12.1 Å². The minimum atomic E-state index is -3.48. The van der Waals surface area contributed by atoms with Gasteiger partial charge in [-0.3, -0.25) is 9.69 Å². The molecule has 0 bridgehead atoms. The van der Waals surface area contributed by atoms with Crippen LogP contribution in [0, 0.1) is 5.92 Å². The highest BCUT2D eigenvalue weighted by molar-refractivity contribution is 7.89. The van der Waals surface area contributed by atoms with Crippen molar-refractivity contribution in [3.8, 4) is 0 Å². The summed E-state index contributed by atoms with van der Waals surface area (Å²) in [6.07, 6.45) is 4.68. The number of hydrogen-bond acceptors (Lipinski definition) is 4. The molecule has 2 aliphatic rings. The van der Waals surface area contributed by atoms with Gasteiger partial charge in [-0.2, -0.15) is 4.31 Å². The van der Waals surface area contributed by atoms with Gasteiger partial charge >= 0.3 is 0 Å². The van der Waals surface area contributed by atoms with Crippen molar-refractivity contribution < 1.29 is 13.2 Å². The average molecular weight is 422 g/mol. The van der Waals surface area contributed by atoms with Crippen LogP contribution in [0.4, 0.5) is 0 Å². The molecule has 1 aromatic carbocycles. The maximum absolute atomic E-state index is 12.9. The number of carbonyl (C=O) groups is 1. The Kier molecular flexibility index (Phi) is 7.35. The summed E-state index contributed by atoms with van der Waals surface area (Å²) in [7, 11) is -3.48. The van der Waals surface area contributed by atoms with Crippen molar-refractivity contribution in [2.75, 3.05) is 32.7 Å². The molecule has 1 N–H and O–H groups in total. The Balaban J connectivity index is 1.51. The average Bonchev–Trinajstić information content (AvgIpc) is 2.70. The van der Waals surface area contributed by atoms with Crippen molar-refractivity contribution in [1.29, 1.82) is 0 Å². The molecule has 1 heterocycles. The minimum Gasteiger partial charge on any atom is -0.352 e. The maximum Gasteiger partial charge on any atom is 0.243 e. The topological polar surface area (TPSA) is 69.7 Å². The van der Waals surface area contributed by atoms with Gasteiger partial charge in [0.1, 0.15) is 0 Å². The second-order valence-electron chi connectivity index (χ2n) is 8.84. The summed E-state index contributed by atoms with van der Waals surface area (Å²) in [5.74, 6) is 0.971. The molecule has 0 radical (unpaired) electrons. The Morgan fingerprint density at radius 2 is 1.69 bits per heavy atom. The fourth-order valence-electron chi connectivity index (χ4n) is 4.29. The Hall–Kier alpha value is -1.44. The van der Waals surface area contributed by atoms with E-state index in [0.717, 1.165) is 12.0 Å². The second kappa shape index (κ2) is 9.58. The third-order valence-corrected chi connectivity index (χ3v) is 8.25. The molecule has 0 spiro atoms. The number of carbonyl (C=O) groups excluding carboxylic acids is 1. The molecule has 162 valence electrons. The van der Waals surface area contributed by atoms with Gasteiger partial charge in [0.2, 0.25) is 15.9 Å². The molecule has 6 nitrogen and oxygen atoms in total. The Morgan fingerprint density at radius 1 is 1.07 bits per heavy atom. The number of benzene rings is 1. The number of nitrogens with one attached hydrogen (secondary N) is 1. The predicted octanol–water partition coefficient (Wildman–Crippen LogP) is 2.81. The highest BCUT2D eigenvalue weighted by Gasteiger charge is 2.30. The van der Waals surface area contributed by atoms with E-state index in [0.29, 0.717) is 49.5 Å².